The van der Waals surface area contributed by atoms with Crippen molar-refractivity contribution < 1.29 is 4.79 Å². The van der Waals surface area contributed by atoms with Gasteiger partial charge in [-0.1, -0.05) is 47.5 Å². The summed E-state index contributed by atoms with van der Waals surface area (Å²) in [5, 5.41) is 3.10. The molecule has 0 aliphatic heterocycles. The van der Waals surface area contributed by atoms with Crippen LogP contribution in [0, 0.1) is 51.2 Å². The molecule has 5 rings (SSSR count). The lowest BCUT2D eigenvalue weighted by molar-refractivity contribution is -0.287. The maximum Gasteiger partial charge on any atom is 0.220 e. The number of carbonyl (C=O) groups excluding carboxylic acids is 1. The highest BCUT2D eigenvalue weighted by atomic mass is 16.1. The molecule has 5 fully saturated rings. The molecule has 1 amide bonds. The van der Waals surface area contributed by atoms with Gasteiger partial charge in [-0.25, -0.2) is 0 Å². The summed E-state index contributed by atoms with van der Waals surface area (Å²) in [7, 11) is 0. The van der Waals surface area contributed by atoms with Gasteiger partial charge in [-0.2, -0.15) is 0 Å². The normalized spacial score (nSPS) is 50.3. The molecule has 0 aromatic heterocycles. The number of nitrogens with one attached hydrogen (secondary N) is 1. The van der Waals surface area contributed by atoms with Crippen molar-refractivity contribution in [3.8, 4) is 0 Å². The van der Waals surface area contributed by atoms with Crippen molar-refractivity contribution in [1.29, 1.82) is 0 Å². The zero-order chi connectivity index (χ0) is 22.8. The standard InChI is InChI=1S/C30H51NO/c1-6-19-31-26(32)11-10-21(2)24-13-17-29(5)28(24,4)16-14-25-27(3)15-8-7-9-22(27)20-23-12-18-30(23,25)29/h21-25H,6-20H2,1-5H3,(H,31,32)/t21-,22?,23+,24-,25?,27+,28-,29+,30?/m0/s1. The smallest absolute Gasteiger partial charge is 0.220 e. The van der Waals surface area contributed by atoms with Crippen LogP contribution in [0.3, 0.4) is 0 Å². The van der Waals surface area contributed by atoms with Gasteiger partial charge in [0.2, 0.25) is 5.91 Å². The molecular formula is C30H51NO. The maximum atomic E-state index is 12.3. The molecule has 0 aromatic rings. The number of amides is 1. The molecule has 0 saturated heterocycles. The molecule has 5 saturated carbocycles. The summed E-state index contributed by atoms with van der Waals surface area (Å²) in [4.78, 5) is 12.3. The predicted molar refractivity (Wildman–Crippen MR) is 133 cm³/mol. The lowest BCUT2D eigenvalue weighted by atomic mass is 9.27. The SMILES string of the molecule is CCCNC(=O)CC[C@H](C)[C@@H]1CC[C@@]2(C)C34CC[C@@H]3CC3CCCC[C@@]3(C)C4CC[C@@]12C. The quantitative estimate of drug-likeness (QED) is 0.448. The number of fused-ring (bicyclic) bond motifs is 3. The molecule has 32 heavy (non-hydrogen) atoms. The van der Waals surface area contributed by atoms with Gasteiger partial charge in [-0.05, 0) is 122 Å². The van der Waals surface area contributed by atoms with Crippen LogP contribution in [0.5, 0.6) is 0 Å². The Morgan fingerprint density at radius 2 is 1.78 bits per heavy atom. The highest BCUT2D eigenvalue weighted by molar-refractivity contribution is 5.75. The summed E-state index contributed by atoms with van der Waals surface area (Å²) >= 11 is 0. The van der Waals surface area contributed by atoms with Crippen molar-refractivity contribution >= 4 is 5.91 Å². The molecule has 0 bridgehead atoms. The van der Waals surface area contributed by atoms with Gasteiger partial charge in [0.05, 0.1) is 0 Å². The van der Waals surface area contributed by atoms with Gasteiger partial charge in [0.15, 0.2) is 0 Å². The lowest BCUT2D eigenvalue weighted by Crippen LogP contribution is -2.70. The Hall–Kier alpha value is -0.530. The van der Waals surface area contributed by atoms with Crippen molar-refractivity contribution in [2.24, 2.45) is 51.2 Å². The Morgan fingerprint density at radius 3 is 2.50 bits per heavy atom. The van der Waals surface area contributed by atoms with Crippen molar-refractivity contribution in [3.63, 3.8) is 0 Å². The number of hydrogen-bond donors (Lipinski definition) is 1. The van der Waals surface area contributed by atoms with E-state index in [9.17, 15) is 4.79 Å². The van der Waals surface area contributed by atoms with Crippen molar-refractivity contribution in [1.82, 2.24) is 5.32 Å². The van der Waals surface area contributed by atoms with Gasteiger partial charge in [0.25, 0.3) is 0 Å². The first kappa shape index (κ1) is 23.2. The third-order valence-corrected chi connectivity index (χ3v) is 13.2. The van der Waals surface area contributed by atoms with E-state index in [0.29, 0.717) is 27.6 Å². The molecule has 0 radical (unpaired) electrons. The molecule has 2 heteroatoms. The first-order valence-corrected chi connectivity index (χ1v) is 14.5. The minimum absolute atomic E-state index is 0.273. The highest BCUT2D eigenvalue weighted by Crippen LogP contribution is 2.83. The van der Waals surface area contributed by atoms with Crippen LogP contribution in [-0.4, -0.2) is 12.5 Å². The molecule has 5 aliphatic rings. The summed E-state index contributed by atoms with van der Waals surface area (Å²) in [6.07, 6.45) is 19.2. The molecule has 1 spiro atoms. The molecule has 2 nitrogen and oxygen atoms in total. The average Bonchev–Trinajstić information content (AvgIpc) is 3.04. The molecule has 5 aliphatic carbocycles. The van der Waals surface area contributed by atoms with Crippen molar-refractivity contribution in [3.05, 3.63) is 0 Å². The lowest BCUT2D eigenvalue weighted by Gasteiger charge is -2.77. The van der Waals surface area contributed by atoms with Gasteiger partial charge < -0.3 is 5.32 Å². The Bertz CT molecular complexity index is 732. The molecule has 1 N–H and O–H groups in total. The Balaban J connectivity index is 1.38. The van der Waals surface area contributed by atoms with E-state index in [1.165, 1.54) is 64.2 Å². The molecule has 182 valence electrons. The second-order valence-corrected chi connectivity index (χ2v) is 13.8. The van der Waals surface area contributed by atoms with Gasteiger partial charge in [0.1, 0.15) is 0 Å². The fraction of sp³-hybridized carbons (Fsp3) is 0.967. The number of hydrogen-bond acceptors (Lipinski definition) is 1. The van der Waals surface area contributed by atoms with Crippen LogP contribution in [0.2, 0.25) is 0 Å². The number of rotatable bonds is 6. The first-order valence-electron chi connectivity index (χ1n) is 14.5. The van der Waals surface area contributed by atoms with Gasteiger partial charge in [-0.3, -0.25) is 4.79 Å². The topological polar surface area (TPSA) is 29.1 Å². The van der Waals surface area contributed by atoms with Crippen LogP contribution < -0.4 is 5.32 Å². The van der Waals surface area contributed by atoms with Crippen LogP contribution in [0.25, 0.3) is 0 Å². The van der Waals surface area contributed by atoms with Gasteiger partial charge in [0, 0.05) is 13.0 Å². The van der Waals surface area contributed by atoms with E-state index >= 15 is 0 Å². The van der Waals surface area contributed by atoms with E-state index in [0.717, 1.165) is 49.5 Å². The van der Waals surface area contributed by atoms with Crippen LogP contribution >= 0.6 is 0 Å². The second-order valence-electron chi connectivity index (χ2n) is 13.8. The molecular weight excluding hydrogens is 390 g/mol. The first-order chi connectivity index (χ1) is 15.2. The zero-order valence-electron chi connectivity index (χ0n) is 21.9. The van der Waals surface area contributed by atoms with Crippen LogP contribution in [-0.2, 0) is 4.79 Å². The molecule has 3 unspecified atom stereocenters. The predicted octanol–water partition coefficient (Wildman–Crippen LogP) is 7.76. The minimum Gasteiger partial charge on any atom is -0.356 e. The average molecular weight is 442 g/mol. The summed E-state index contributed by atoms with van der Waals surface area (Å²) < 4.78 is 0. The summed E-state index contributed by atoms with van der Waals surface area (Å²) in [5.41, 5.74) is 2.25. The van der Waals surface area contributed by atoms with Crippen LogP contribution in [0.1, 0.15) is 125 Å². The van der Waals surface area contributed by atoms with E-state index in [1.807, 2.05) is 0 Å². The van der Waals surface area contributed by atoms with Crippen molar-refractivity contribution in [2.75, 3.05) is 6.54 Å². The van der Waals surface area contributed by atoms with E-state index in [-0.39, 0.29) is 5.91 Å². The fourth-order valence-corrected chi connectivity index (χ4v) is 11.3. The van der Waals surface area contributed by atoms with Crippen LogP contribution in [0.15, 0.2) is 0 Å². The van der Waals surface area contributed by atoms with E-state index < -0.39 is 0 Å². The molecule has 0 heterocycles. The van der Waals surface area contributed by atoms with E-state index in [1.54, 1.807) is 6.42 Å². The minimum atomic E-state index is 0.273. The molecule has 0 aromatic carbocycles. The Kier molecular flexibility index (Phi) is 5.81. The largest absolute Gasteiger partial charge is 0.356 e. The number of carbonyl (C=O) groups is 1. The summed E-state index contributed by atoms with van der Waals surface area (Å²) in [5.74, 6) is 4.77. The van der Waals surface area contributed by atoms with E-state index in [4.69, 9.17) is 0 Å². The summed E-state index contributed by atoms with van der Waals surface area (Å²) in [6.45, 7) is 13.7. The zero-order valence-corrected chi connectivity index (χ0v) is 21.9. The fourth-order valence-electron chi connectivity index (χ4n) is 11.3. The third-order valence-electron chi connectivity index (χ3n) is 13.2. The third kappa shape index (κ3) is 2.92. The Morgan fingerprint density at radius 1 is 0.969 bits per heavy atom. The van der Waals surface area contributed by atoms with Gasteiger partial charge in [-0.15, -0.1) is 0 Å². The van der Waals surface area contributed by atoms with Crippen molar-refractivity contribution in [2.45, 2.75) is 125 Å². The Labute approximate surface area is 198 Å². The summed E-state index contributed by atoms with van der Waals surface area (Å²) in [6, 6.07) is 0. The second kappa shape index (κ2) is 8.01. The van der Waals surface area contributed by atoms with E-state index in [2.05, 4.69) is 39.9 Å². The highest BCUT2D eigenvalue weighted by Gasteiger charge is 2.76. The monoisotopic (exact) mass is 441 g/mol. The van der Waals surface area contributed by atoms with Crippen LogP contribution in [0.4, 0.5) is 0 Å². The molecule has 9 atom stereocenters. The maximum absolute atomic E-state index is 12.3. The van der Waals surface area contributed by atoms with Gasteiger partial charge >= 0.3 is 0 Å².